The Hall–Kier alpha value is -1.65. The van der Waals surface area contributed by atoms with Crippen molar-refractivity contribution in [3.05, 3.63) is 58.5 Å². The summed E-state index contributed by atoms with van der Waals surface area (Å²) in [5, 5.41) is 7.45. The lowest BCUT2D eigenvalue weighted by Gasteiger charge is -2.20. The number of hydrogen-bond donors (Lipinski definition) is 2. The highest BCUT2D eigenvalue weighted by Gasteiger charge is 2.25. The van der Waals surface area contributed by atoms with E-state index in [1.807, 2.05) is 37.2 Å². The number of anilines is 1. The summed E-state index contributed by atoms with van der Waals surface area (Å²) in [7, 11) is 5.61. The molecule has 2 heterocycles. The van der Waals surface area contributed by atoms with Crippen LogP contribution in [0, 0.1) is 5.82 Å². The highest BCUT2D eigenvalue weighted by molar-refractivity contribution is 14.0. The van der Waals surface area contributed by atoms with Gasteiger partial charge in [0.15, 0.2) is 5.96 Å². The van der Waals surface area contributed by atoms with Crippen molar-refractivity contribution in [2.24, 2.45) is 4.99 Å². The first kappa shape index (κ1) is 24.6. The first-order valence-corrected chi connectivity index (χ1v) is 10.1. The maximum absolute atomic E-state index is 14.0. The van der Waals surface area contributed by atoms with Gasteiger partial charge < -0.3 is 20.4 Å². The molecule has 1 fully saturated rings. The van der Waals surface area contributed by atoms with Crippen LogP contribution in [0.4, 0.5) is 10.2 Å². The number of rotatable bonds is 6. The van der Waals surface area contributed by atoms with Crippen LogP contribution in [0.2, 0.25) is 5.02 Å². The molecule has 1 saturated heterocycles. The number of aromatic nitrogens is 1. The molecule has 1 aromatic heterocycles. The fraction of sp³-hybridized carbons (Fsp3) is 0.429. The molecule has 0 radical (unpaired) electrons. The van der Waals surface area contributed by atoms with Crippen LogP contribution in [0.3, 0.4) is 0 Å². The third kappa shape index (κ3) is 6.68. The van der Waals surface area contributed by atoms with E-state index in [4.69, 9.17) is 11.6 Å². The number of halogens is 3. The molecule has 1 aromatic carbocycles. The second kappa shape index (κ2) is 11.7. The Kier molecular flexibility index (Phi) is 9.57. The summed E-state index contributed by atoms with van der Waals surface area (Å²) < 4.78 is 14.0. The first-order chi connectivity index (χ1) is 14.0. The third-order valence-corrected chi connectivity index (χ3v) is 5.14. The minimum Gasteiger partial charge on any atom is -0.353 e. The van der Waals surface area contributed by atoms with Crippen molar-refractivity contribution < 1.29 is 4.39 Å². The lowest BCUT2D eigenvalue weighted by molar-refractivity contribution is 0.392. The van der Waals surface area contributed by atoms with E-state index in [1.165, 1.54) is 6.07 Å². The molecule has 3 rings (SSSR count). The molecule has 2 N–H and O–H groups in total. The van der Waals surface area contributed by atoms with Gasteiger partial charge in [-0.1, -0.05) is 17.7 Å². The second-order valence-corrected chi connectivity index (χ2v) is 7.88. The van der Waals surface area contributed by atoms with Crippen LogP contribution in [-0.4, -0.2) is 56.1 Å². The average molecular weight is 547 g/mol. The summed E-state index contributed by atoms with van der Waals surface area (Å²) in [6.45, 7) is 2.84. The van der Waals surface area contributed by atoms with Gasteiger partial charge >= 0.3 is 0 Å². The van der Waals surface area contributed by atoms with Crippen LogP contribution in [0.1, 0.15) is 17.5 Å². The molecule has 0 spiro atoms. The van der Waals surface area contributed by atoms with E-state index < -0.39 is 0 Å². The van der Waals surface area contributed by atoms with Crippen LogP contribution in [0.5, 0.6) is 0 Å². The van der Waals surface area contributed by atoms with Crippen LogP contribution < -0.4 is 15.5 Å². The van der Waals surface area contributed by atoms with Gasteiger partial charge in [-0.2, -0.15) is 0 Å². The van der Waals surface area contributed by atoms with E-state index in [1.54, 1.807) is 19.3 Å². The maximum Gasteiger partial charge on any atom is 0.191 e. The molecule has 0 bridgehead atoms. The predicted molar refractivity (Wildman–Crippen MR) is 132 cm³/mol. The van der Waals surface area contributed by atoms with Crippen molar-refractivity contribution in [1.82, 2.24) is 20.5 Å². The summed E-state index contributed by atoms with van der Waals surface area (Å²) in [5.41, 5.74) is 1.70. The number of nitrogens with zero attached hydrogens (tertiary/aromatic N) is 4. The van der Waals surface area contributed by atoms with Gasteiger partial charge in [-0.25, -0.2) is 9.37 Å². The third-order valence-electron chi connectivity index (χ3n) is 4.85. The Bertz CT molecular complexity index is 863. The molecule has 0 aliphatic carbocycles. The molecule has 164 valence electrons. The van der Waals surface area contributed by atoms with Crippen LogP contribution in [0.25, 0.3) is 0 Å². The lowest BCUT2D eigenvalue weighted by Crippen LogP contribution is -2.44. The van der Waals surface area contributed by atoms with Crippen LogP contribution in [0.15, 0.2) is 41.5 Å². The topological polar surface area (TPSA) is 55.8 Å². The maximum atomic E-state index is 14.0. The Morgan fingerprint density at radius 3 is 2.87 bits per heavy atom. The molecule has 9 heteroatoms. The van der Waals surface area contributed by atoms with E-state index in [0.29, 0.717) is 23.7 Å². The minimum absolute atomic E-state index is 0. The Morgan fingerprint density at radius 2 is 2.17 bits per heavy atom. The van der Waals surface area contributed by atoms with Crippen molar-refractivity contribution in [3.8, 4) is 0 Å². The number of nitrogens with one attached hydrogen (secondary N) is 2. The number of hydrogen-bond acceptors (Lipinski definition) is 4. The van der Waals surface area contributed by atoms with Gasteiger partial charge in [0.25, 0.3) is 0 Å². The fourth-order valence-corrected chi connectivity index (χ4v) is 3.70. The summed E-state index contributed by atoms with van der Waals surface area (Å²) in [5.74, 6) is 1.37. The Labute approximate surface area is 199 Å². The van der Waals surface area contributed by atoms with Crippen molar-refractivity contribution in [2.45, 2.75) is 25.6 Å². The molecule has 1 aliphatic heterocycles. The molecule has 1 unspecified atom stereocenters. The van der Waals surface area contributed by atoms with Crippen molar-refractivity contribution in [3.63, 3.8) is 0 Å². The zero-order valence-corrected chi connectivity index (χ0v) is 20.6. The molecule has 0 amide bonds. The van der Waals surface area contributed by atoms with Gasteiger partial charge in [0.1, 0.15) is 11.6 Å². The highest BCUT2D eigenvalue weighted by atomic mass is 127. The Morgan fingerprint density at radius 1 is 1.37 bits per heavy atom. The second-order valence-electron chi connectivity index (χ2n) is 7.47. The van der Waals surface area contributed by atoms with E-state index in [0.717, 1.165) is 36.9 Å². The van der Waals surface area contributed by atoms with Gasteiger partial charge in [-0.3, -0.25) is 4.99 Å². The van der Waals surface area contributed by atoms with Crippen molar-refractivity contribution in [1.29, 1.82) is 0 Å². The molecule has 6 nitrogen and oxygen atoms in total. The van der Waals surface area contributed by atoms with Gasteiger partial charge in [0.2, 0.25) is 0 Å². The van der Waals surface area contributed by atoms with E-state index in [-0.39, 0.29) is 35.8 Å². The van der Waals surface area contributed by atoms with Gasteiger partial charge in [-0.15, -0.1) is 24.0 Å². The number of guanidine groups is 1. The molecule has 1 atom stereocenters. The lowest BCUT2D eigenvalue weighted by atomic mass is 10.1. The molecule has 1 aliphatic rings. The number of benzene rings is 1. The van der Waals surface area contributed by atoms with Gasteiger partial charge in [0.05, 0.1) is 5.02 Å². The van der Waals surface area contributed by atoms with E-state index in [9.17, 15) is 4.39 Å². The molecule has 0 saturated carbocycles. The number of pyridine rings is 1. The van der Waals surface area contributed by atoms with Gasteiger partial charge in [0, 0.05) is 51.0 Å². The summed E-state index contributed by atoms with van der Waals surface area (Å²) in [4.78, 5) is 12.8. The van der Waals surface area contributed by atoms with Crippen molar-refractivity contribution in [2.75, 3.05) is 39.1 Å². The van der Waals surface area contributed by atoms with E-state index >= 15 is 0 Å². The first-order valence-electron chi connectivity index (χ1n) is 9.71. The van der Waals surface area contributed by atoms with Crippen LogP contribution in [-0.2, 0) is 13.1 Å². The monoisotopic (exact) mass is 546 g/mol. The predicted octanol–water partition coefficient (Wildman–Crippen LogP) is 3.50. The fourth-order valence-electron chi connectivity index (χ4n) is 3.45. The average Bonchev–Trinajstić information content (AvgIpc) is 3.15. The van der Waals surface area contributed by atoms with Gasteiger partial charge in [-0.05, 0) is 50.3 Å². The van der Waals surface area contributed by atoms with Crippen molar-refractivity contribution >= 4 is 47.4 Å². The zero-order chi connectivity index (χ0) is 20.8. The SMILES string of the molecule is CN=C(NCc1ccc(F)c(CN(C)C)c1)NC1CCN(c2ncccc2Cl)C1.I. The molecular weight excluding hydrogens is 518 g/mol. The highest BCUT2D eigenvalue weighted by Crippen LogP contribution is 2.25. The van der Waals surface area contributed by atoms with E-state index in [2.05, 4.69) is 25.5 Å². The summed E-state index contributed by atoms with van der Waals surface area (Å²) in [6, 6.07) is 9.17. The normalized spacial score (nSPS) is 16.5. The summed E-state index contributed by atoms with van der Waals surface area (Å²) in [6.07, 6.45) is 2.73. The standard InChI is InChI=1S/C21H28ClFN6.HI/c1-24-21(26-12-15-6-7-19(23)16(11-15)13-28(2)3)27-17-8-10-29(14-17)20-18(22)5-4-9-25-20;/h4-7,9,11,17H,8,10,12-14H2,1-3H3,(H2,24,26,27);1H. The quantitative estimate of drug-likeness (QED) is 0.330. The molecular formula is C21H29ClFIN6. The minimum atomic E-state index is -0.177. The Balaban J connectivity index is 0.00000320. The van der Waals surface area contributed by atoms with Crippen LogP contribution >= 0.6 is 35.6 Å². The summed E-state index contributed by atoms with van der Waals surface area (Å²) >= 11 is 6.27. The molecule has 30 heavy (non-hydrogen) atoms. The molecule has 2 aromatic rings. The number of aliphatic imine (C=N–C) groups is 1. The largest absolute Gasteiger partial charge is 0.353 e. The smallest absolute Gasteiger partial charge is 0.191 e. The zero-order valence-electron chi connectivity index (χ0n) is 17.5.